The van der Waals surface area contributed by atoms with Crippen molar-refractivity contribution < 1.29 is 19.4 Å². The van der Waals surface area contributed by atoms with Crippen LogP contribution in [0.15, 0.2) is 30.6 Å². The predicted molar refractivity (Wildman–Crippen MR) is 83.6 cm³/mol. The molecule has 3 rings (SSSR count). The summed E-state index contributed by atoms with van der Waals surface area (Å²) in [6.45, 7) is 3.06. The standard InChI is InChI=1S/C16H18N4O4/c1-16(11-8-17-19(2)9-11)10-20(6-7-24-16)14(21)12-4-3-5-13(18-12)15(22)23/h3-5,8-9H,6-7,10H2,1-2H3,(H,22,23). The lowest BCUT2D eigenvalue weighted by molar-refractivity contribution is -0.0932. The second kappa shape index (κ2) is 6.04. The third-order valence-electron chi connectivity index (χ3n) is 4.06. The maximum atomic E-state index is 12.7. The van der Waals surface area contributed by atoms with E-state index in [0.29, 0.717) is 19.7 Å². The number of amides is 1. The quantitative estimate of drug-likeness (QED) is 0.898. The van der Waals surface area contributed by atoms with Crippen molar-refractivity contribution in [2.75, 3.05) is 19.7 Å². The molecular formula is C16H18N4O4. The van der Waals surface area contributed by atoms with Gasteiger partial charge in [-0.15, -0.1) is 0 Å². The number of morpholine rings is 1. The third-order valence-corrected chi connectivity index (χ3v) is 4.06. The van der Waals surface area contributed by atoms with Gasteiger partial charge in [0.25, 0.3) is 5.91 Å². The van der Waals surface area contributed by atoms with Gasteiger partial charge in [0, 0.05) is 25.4 Å². The van der Waals surface area contributed by atoms with Gasteiger partial charge in [-0.1, -0.05) is 6.07 Å². The molecule has 1 aliphatic heterocycles. The van der Waals surface area contributed by atoms with Gasteiger partial charge in [0.1, 0.15) is 17.0 Å². The first-order valence-electron chi connectivity index (χ1n) is 7.52. The lowest BCUT2D eigenvalue weighted by Gasteiger charge is -2.39. The second-order valence-electron chi connectivity index (χ2n) is 5.92. The predicted octanol–water partition coefficient (Wildman–Crippen LogP) is 0.901. The van der Waals surface area contributed by atoms with Gasteiger partial charge in [-0.05, 0) is 19.1 Å². The first-order valence-corrected chi connectivity index (χ1v) is 7.52. The number of carbonyl (C=O) groups excluding carboxylic acids is 1. The zero-order valence-electron chi connectivity index (χ0n) is 13.5. The van der Waals surface area contributed by atoms with E-state index in [1.165, 1.54) is 18.2 Å². The summed E-state index contributed by atoms with van der Waals surface area (Å²) >= 11 is 0. The molecule has 1 unspecified atom stereocenters. The van der Waals surface area contributed by atoms with E-state index < -0.39 is 11.6 Å². The van der Waals surface area contributed by atoms with Gasteiger partial charge in [0.15, 0.2) is 0 Å². The summed E-state index contributed by atoms with van der Waals surface area (Å²) in [6, 6.07) is 4.40. The number of hydrogen-bond acceptors (Lipinski definition) is 5. The van der Waals surface area contributed by atoms with Gasteiger partial charge < -0.3 is 14.7 Å². The first-order chi connectivity index (χ1) is 11.4. The Labute approximate surface area is 138 Å². The third kappa shape index (κ3) is 3.00. The number of carboxylic acid groups (broad SMARTS) is 1. The monoisotopic (exact) mass is 330 g/mol. The summed E-state index contributed by atoms with van der Waals surface area (Å²) in [5, 5.41) is 13.2. The molecule has 1 amide bonds. The van der Waals surface area contributed by atoms with E-state index in [-0.39, 0.29) is 17.3 Å². The number of hydrogen-bond donors (Lipinski definition) is 1. The molecule has 8 nitrogen and oxygen atoms in total. The molecular weight excluding hydrogens is 312 g/mol. The van der Waals surface area contributed by atoms with Crippen molar-refractivity contribution in [2.24, 2.45) is 7.05 Å². The highest BCUT2D eigenvalue weighted by Gasteiger charge is 2.37. The average Bonchev–Trinajstić information content (AvgIpc) is 3.02. The van der Waals surface area contributed by atoms with Crippen molar-refractivity contribution in [1.82, 2.24) is 19.7 Å². The number of pyridine rings is 1. The highest BCUT2D eigenvalue weighted by molar-refractivity contribution is 5.94. The Morgan fingerprint density at radius 3 is 2.75 bits per heavy atom. The molecule has 24 heavy (non-hydrogen) atoms. The van der Waals surface area contributed by atoms with Crippen molar-refractivity contribution in [3.63, 3.8) is 0 Å². The number of carboxylic acids is 1. The number of aromatic nitrogens is 3. The molecule has 0 aromatic carbocycles. The van der Waals surface area contributed by atoms with E-state index in [1.807, 2.05) is 20.2 Å². The Balaban J connectivity index is 1.83. The lowest BCUT2D eigenvalue weighted by atomic mass is 9.97. The van der Waals surface area contributed by atoms with Crippen LogP contribution in [0.3, 0.4) is 0 Å². The zero-order valence-corrected chi connectivity index (χ0v) is 13.5. The molecule has 1 aliphatic rings. The topological polar surface area (TPSA) is 97.6 Å². The van der Waals surface area contributed by atoms with Gasteiger partial charge in [0.2, 0.25) is 0 Å². The summed E-state index contributed by atoms with van der Waals surface area (Å²) in [4.78, 5) is 29.3. The Kier molecular flexibility index (Phi) is 4.06. The second-order valence-corrected chi connectivity index (χ2v) is 5.92. The number of carbonyl (C=O) groups is 2. The number of ether oxygens (including phenoxy) is 1. The zero-order chi connectivity index (χ0) is 17.3. The van der Waals surface area contributed by atoms with Crippen LogP contribution < -0.4 is 0 Å². The molecule has 1 N–H and O–H groups in total. The minimum absolute atomic E-state index is 0.116. The highest BCUT2D eigenvalue weighted by atomic mass is 16.5. The molecule has 126 valence electrons. The lowest BCUT2D eigenvalue weighted by Crippen LogP contribution is -2.50. The number of nitrogens with zero attached hydrogens (tertiary/aromatic N) is 4. The van der Waals surface area contributed by atoms with Crippen LogP contribution in [-0.4, -0.2) is 56.3 Å². The van der Waals surface area contributed by atoms with E-state index >= 15 is 0 Å². The maximum absolute atomic E-state index is 12.7. The molecule has 3 heterocycles. The van der Waals surface area contributed by atoms with Crippen molar-refractivity contribution >= 4 is 11.9 Å². The fourth-order valence-corrected chi connectivity index (χ4v) is 2.75. The van der Waals surface area contributed by atoms with Gasteiger partial charge in [-0.3, -0.25) is 9.48 Å². The summed E-state index contributed by atoms with van der Waals surface area (Å²) in [5.41, 5.74) is 0.191. The Morgan fingerprint density at radius 2 is 2.08 bits per heavy atom. The highest BCUT2D eigenvalue weighted by Crippen LogP contribution is 2.29. The van der Waals surface area contributed by atoms with Crippen molar-refractivity contribution in [2.45, 2.75) is 12.5 Å². The van der Waals surface area contributed by atoms with Gasteiger partial charge in [-0.25, -0.2) is 9.78 Å². The van der Waals surface area contributed by atoms with Crippen LogP contribution in [0.4, 0.5) is 0 Å². The van der Waals surface area contributed by atoms with Crippen LogP contribution in [-0.2, 0) is 17.4 Å². The molecule has 2 aromatic rings. The van der Waals surface area contributed by atoms with Gasteiger partial charge >= 0.3 is 5.97 Å². The first kappa shape index (κ1) is 16.1. The van der Waals surface area contributed by atoms with E-state index in [2.05, 4.69) is 10.1 Å². The number of aromatic carboxylic acids is 1. The molecule has 2 aromatic heterocycles. The molecule has 1 saturated heterocycles. The van der Waals surface area contributed by atoms with Crippen LogP contribution >= 0.6 is 0 Å². The fraction of sp³-hybridized carbons (Fsp3) is 0.375. The van der Waals surface area contributed by atoms with E-state index in [9.17, 15) is 9.59 Å². The van der Waals surface area contributed by atoms with Crippen LogP contribution in [0.1, 0.15) is 33.5 Å². The maximum Gasteiger partial charge on any atom is 0.354 e. The minimum atomic E-state index is -1.16. The molecule has 0 bridgehead atoms. The molecule has 0 saturated carbocycles. The molecule has 0 radical (unpaired) electrons. The molecule has 0 aliphatic carbocycles. The van der Waals surface area contributed by atoms with Crippen molar-refractivity contribution in [3.8, 4) is 0 Å². The smallest absolute Gasteiger partial charge is 0.354 e. The summed E-state index contributed by atoms with van der Waals surface area (Å²) < 4.78 is 7.56. The van der Waals surface area contributed by atoms with Crippen LogP contribution in [0.2, 0.25) is 0 Å². The Morgan fingerprint density at radius 1 is 1.33 bits per heavy atom. The summed E-state index contributed by atoms with van der Waals surface area (Å²) in [5.74, 6) is -1.47. The Bertz CT molecular complexity index is 788. The SMILES string of the molecule is Cn1cc(C2(C)CN(C(=O)c3cccc(C(=O)O)n3)CCO2)cn1. The normalized spacial score (nSPS) is 20.8. The molecule has 1 fully saturated rings. The van der Waals surface area contributed by atoms with Crippen LogP contribution in [0, 0.1) is 0 Å². The fourth-order valence-electron chi connectivity index (χ4n) is 2.75. The van der Waals surface area contributed by atoms with E-state index in [4.69, 9.17) is 9.84 Å². The van der Waals surface area contributed by atoms with E-state index in [1.54, 1.807) is 15.8 Å². The van der Waals surface area contributed by atoms with Crippen LogP contribution in [0.5, 0.6) is 0 Å². The summed E-state index contributed by atoms with van der Waals surface area (Å²) in [7, 11) is 1.82. The van der Waals surface area contributed by atoms with Gasteiger partial charge in [0.05, 0.1) is 19.3 Å². The average molecular weight is 330 g/mol. The summed E-state index contributed by atoms with van der Waals surface area (Å²) in [6.07, 6.45) is 3.58. The minimum Gasteiger partial charge on any atom is -0.477 e. The van der Waals surface area contributed by atoms with E-state index in [0.717, 1.165) is 5.56 Å². The molecule has 8 heteroatoms. The molecule has 0 spiro atoms. The Hall–Kier alpha value is -2.74. The van der Waals surface area contributed by atoms with Crippen LogP contribution in [0.25, 0.3) is 0 Å². The van der Waals surface area contributed by atoms with Crippen molar-refractivity contribution in [3.05, 3.63) is 47.5 Å². The van der Waals surface area contributed by atoms with Crippen molar-refractivity contribution in [1.29, 1.82) is 0 Å². The number of rotatable bonds is 3. The number of aryl methyl sites for hydroxylation is 1. The molecule has 1 atom stereocenters. The van der Waals surface area contributed by atoms with Gasteiger partial charge in [-0.2, -0.15) is 5.10 Å². The largest absolute Gasteiger partial charge is 0.477 e.